The largest absolute Gasteiger partial charge is 0.350 e. The standard InChI is InChI=1S/2C14H15N3O2.CH4/c1-17-13(8-12(16-17)14(18-2)19-3)11-6-4-5-10(7-11)9-15;1-17-13(14(18-2)19-3)8-12(16-17)11-6-4-5-10(7-11)9-15;/h2*4-8,14H,1-3H3;1H4. The van der Waals surface area contributed by atoms with Crippen molar-refractivity contribution >= 4 is 0 Å². The summed E-state index contributed by atoms with van der Waals surface area (Å²) in [5.74, 6) is 0. The van der Waals surface area contributed by atoms with Gasteiger partial charge in [0, 0.05) is 53.7 Å². The summed E-state index contributed by atoms with van der Waals surface area (Å²) >= 11 is 0. The molecule has 0 radical (unpaired) electrons. The third-order valence-electron chi connectivity index (χ3n) is 5.73. The van der Waals surface area contributed by atoms with Gasteiger partial charge in [0.25, 0.3) is 0 Å². The van der Waals surface area contributed by atoms with Gasteiger partial charge in [-0.15, -0.1) is 0 Å². The van der Waals surface area contributed by atoms with Gasteiger partial charge < -0.3 is 18.9 Å². The van der Waals surface area contributed by atoms with E-state index in [1.54, 1.807) is 56.0 Å². The fourth-order valence-electron chi connectivity index (χ4n) is 3.89. The molecule has 204 valence electrons. The molecule has 0 aliphatic carbocycles. The third-order valence-corrected chi connectivity index (χ3v) is 5.73. The van der Waals surface area contributed by atoms with Crippen molar-refractivity contribution in [1.29, 1.82) is 10.5 Å². The Kier molecular flexibility index (Phi) is 11.5. The van der Waals surface area contributed by atoms with Gasteiger partial charge in [0.2, 0.25) is 6.29 Å². The third kappa shape index (κ3) is 7.38. The van der Waals surface area contributed by atoms with Gasteiger partial charge in [-0.2, -0.15) is 20.7 Å². The number of nitriles is 2. The maximum Gasteiger partial charge on any atom is 0.202 e. The number of hydrogen-bond acceptors (Lipinski definition) is 8. The molecular weight excluding hydrogens is 496 g/mol. The van der Waals surface area contributed by atoms with E-state index in [4.69, 9.17) is 29.5 Å². The molecule has 0 amide bonds. The first-order chi connectivity index (χ1) is 18.4. The van der Waals surface area contributed by atoms with Crippen LogP contribution in [-0.2, 0) is 33.0 Å². The highest BCUT2D eigenvalue weighted by atomic mass is 16.7. The molecular formula is C29H34N6O4. The number of benzene rings is 2. The zero-order chi connectivity index (χ0) is 27.7. The SMILES string of the molecule is C.COC(OC)c1cc(-c2cccc(C#N)c2)n(C)n1.COC(OC)c1cc(-c2cccc(C#N)c2)nn1C. The number of hydrogen-bond donors (Lipinski definition) is 0. The van der Waals surface area contributed by atoms with E-state index in [1.807, 2.05) is 56.6 Å². The van der Waals surface area contributed by atoms with E-state index in [2.05, 4.69) is 22.3 Å². The number of methoxy groups -OCH3 is 4. The maximum absolute atomic E-state index is 8.94. The summed E-state index contributed by atoms with van der Waals surface area (Å²) in [6.07, 6.45) is -0.940. The second-order valence-electron chi connectivity index (χ2n) is 8.15. The lowest BCUT2D eigenvalue weighted by molar-refractivity contribution is -0.110. The van der Waals surface area contributed by atoms with Crippen LogP contribution in [0.15, 0.2) is 60.7 Å². The Balaban J connectivity index is 0.000000267. The zero-order valence-electron chi connectivity index (χ0n) is 22.2. The number of rotatable bonds is 8. The van der Waals surface area contributed by atoms with Gasteiger partial charge in [-0.25, -0.2) is 0 Å². The number of aromatic nitrogens is 4. The molecule has 0 unspecified atom stereocenters. The molecule has 0 aliphatic rings. The van der Waals surface area contributed by atoms with Gasteiger partial charge in [0.15, 0.2) is 6.29 Å². The molecule has 39 heavy (non-hydrogen) atoms. The minimum atomic E-state index is -0.487. The smallest absolute Gasteiger partial charge is 0.202 e. The molecule has 4 aromatic rings. The monoisotopic (exact) mass is 530 g/mol. The molecule has 0 fully saturated rings. The summed E-state index contributed by atoms with van der Waals surface area (Å²) < 4.78 is 24.3. The maximum atomic E-state index is 8.94. The lowest BCUT2D eigenvalue weighted by Crippen LogP contribution is -2.09. The van der Waals surface area contributed by atoms with Crippen LogP contribution in [0.25, 0.3) is 22.5 Å². The normalized spacial score (nSPS) is 10.4. The van der Waals surface area contributed by atoms with Crippen LogP contribution < -0.4 is 0 Å². The van der Waals surface area contributed by atoms with Gasteiger partial charge in [-0.1, -0.05) is 31.7 Å². The van der Waals surface area contributed by atoms with Crippen molar-refractivity contribution in [3.8, 4) is 34.7 Å². The van der Waals surface area contributed by atoms with Gasteiger partial charge in [-0.05, 0) is 36.4 Å². The molecule has 10 heteroatoms. The Morgan fingerprint density at radius 1 is 0.692 bits per heavy atom. The van der Waals surface area contributed by atoms with Crippen LogP contribution in [-0.4, -0.2) is 48.0 Å². The molecule has 0 aliphatic heterocycles. The van der Waals surface area contributed by atoms with E-state index in [-0.39, 0.29) is 7.43 Å². The molecule has 4 rings (SSSR count). The van der Waals surface area contributed by atoms with E-state index < -0.39 is 12.6 Å². The van der Waals surface area contributed by atoms with Crippen LogP contribution in [0.3, 0.4) is 0 Å². The average molecular weight is 531 g/mol. The predicted molar refractivity (Wildman–Crippen MR) is 147 cm³/mol. The lowest BCUT2D eigenvalue weighted by atomic mass is 10.1. The second kappa shape index (κ2) is 14.6. The van der Waals surface area contributed by atoms with E-state index in [0.29, 0.717) is 16.8 Å². The summed E-state index contributed by atoms with van der Waals surface area (Å²) in [6, 6.07) is 22.8. The zero-order valence-corrected chi connectivity index (χ0v) is 22.2. The van der Waals surface area contributed by atoms with E-state index in [1.165, 1.54) is 0 Å². The topological polar surface area (TPSA) is 120 Å². The Labute approximate surface area is 229 Å². The number of nitrogens with zero attached hydrogens (tertiary/aromatic N) is 6. The first-order valence-corrected chi connectivity index (χ1v) is 11.6. The predicted octanol–water partition coefficient (Wildman–Crippen LogP) is 5.14. The number of aryl methyl sites for hydroxylation is 2. The van der Waals surface area contributed by atoms with Crippen LogP contribution >= 0.6 is 0 Å². The minimum absolute atomic E-state index is 0. The molecule has 10 nitrogen and oxygen atoms in total. The second-order valence-corrected chi connectivity index (χ2v) is 8.15. The van der Waals surface area contributed by atoms with Crippen molar-refractivity contribution in [2.45, 2.75) is 20.0 Å². The Morgan fingerprint density at radius 2 is 1.23 bits per heavy atom. The molecule has 0 N–H and O–H groups in total. The fourth-order valence-corrected chi connectivity index (χ4v) is 3.89. The minimum Gasteiger partial charge on any atom is -0.350 e. The van der Waals surface area contributed by atoms with Crippen molar-refractivity contribution in [1.82, 2.24) is 19.6 Å². The molecule has 0 saturated heterocycles. The Morgan fingerprint density at radius 3 is 1.77 bits per heavy atom. The van der Waals surface area contributed by atoms with Crippen molar-refractivity contribution in [2.75, 3.05) is 28.4 Å². The van der Waals surface area contributed by atoms with E-state index >= 15 is 0 Å². The summed E-state index contributed by atoms with van der Waals surface area (Å²) in [6.45, 7) is 0. The van der Waals surface area contributed by atoms with Crippen LogP contribution in [0, 0.1) is 22.7 Å². The quantitative estimate of drug-likeness (QED) is 0.287. The highest BCUT2D eigenvalue weighted by Crippen LogP contribution is 2.26. The van der Waals surface area contributed by atoms with Crippen molar-refractivity contribution in [3.63, 3.8) is 0 Å². The molecule has 0 bridgehead atoms. The van der Waals surface area contributed by atoms with Crippen LogP contribution in [0.2, 0.25) is 0 Å². The van der Waals surface area contributed by atoms with Gasteiger partial charge >= 0.3 is 0 Å². The van der Waals surface area contributed by atoms with E-state index in [0.717, 1.165) is 28.2 Å². The molecule has 2 heterocycles. The molecule has 2 aromatic carbocycles. The lowest BCUT2D eigenvalue weighted by Gasteiger charge is -2.12. The van der Waals surface area contributed by atoms with Crippen LogP contribution in [0.4, 0.5) is 0 Å². The Bertz CT molecular complexity index is 1440. The summed E-state index contributed by atoms with van der Waals surface area (Å²) in [5.41, 5.74) is 6.28. The molecule has 0 spiro atoms. The molecule has 0 saturated carbocycles. The molecule has 0 atom stereocenters. The van der Waals surface area contributed by atoms with Crippen molar-refractivity contribution in [2.24, 2.45) is 14.1 Å². The summed E-state index contributed by atoms with van der Waals surface area (Å²) in [4.78, 5) is 0. The summed E-state index contributed by atoms with van der Waals surface area (Å²) in [5, 5.41) is 26.6. The van der Waals surface area contributed by atoms with Crippen molar-refractivity contribution in [3.05, 3.63) is 83.2 Å². The van der Waals surface area contributed by atoms with Crippen molar-refractivity contribution < 1.29 is 18.9 Å². The van der Waals surface area contributed by atoms with Gasteiger partial charge in [0.05, 0.1) is 40.3 Å². The number of ether oxygens (including phenoxy) is 4. The highest BCUT2D eigenvalue weighted by Gasteiger charge is 2.17. The first kappa shape index (κ1) is 30.9. The average Bonchev–Trinajstić information content (AvgIpc) is 3.53. The van der Waals surface area contributed by atoms with E-state index in [9.17, 15) is 0 Å². The van der Waals surface area contributed by atoms with Gasteiger partial charge in [0.1, 0.15) is 5.69 Å². The Hall–Kier alpha value is -4.32. The fraction of sp³-hybridized carbons (Fsp3) is 0.310. The van der Waals surface area contributed by atoms with Crippen LogP contribution in [0.1, 0.15) is 42.5 Å². The molecule has 2 aromatic heterocycles. The van der Waals surface area contributed by atoms with Crippen LogP contribution in [0.5, 0.6) is 0 Å². The summed E-state index contributed by atoms with van der Waals surface area (Å²) in [7, 11) is 9.98. The first-order valence-electron chi connectivity index (χ1n) is 11.6. The highest BCUT2D eigenvalue weighted by molar-refractivity contribution is 5.63. The van der Waals surface area contributed by atoms with Gasteiger partial charge in [-0.3, -0.25) is 9.36 Å².